The van der Waals surface area contributed by atoms with Crippen molar-refractivity contribution < 1.29 is 27.8 Å². The molecule has 0 aliphatic heterocycles. The van der Waals surface area contributed by atoms with Crippen LogP contribution in [0.2, 0.25) is 0 Å². The molecule has 0 spiro atoms. The van der Waals surface area contributed by atoms with E-state index in [1.807, 2.05) is 0 Å². The molecule has 2 aromatic carbocycles. The molecular weight excluding hydrogens is 402 g/mol. The lowest BCUT2D eigenvalue weighted by Crippen LogP contribution is -2.30. The Morgan fingerprint density at radius 1 is 0.968 bits per heavy atom. The van der Waals surface area contributed by atoms with Gasteiger partial charge in [0.25, 0.3) is 0 Å². The minimum Gasteiger partial charge on any atom is -0.461 e. The third-order valence-electron chi connectivity index (χ3n) is 4.86. The van der Waals surface area contributed by atoms with Crippen LogP contribution in [0.5, 0.6) is 0 Å². The Morgan fingerprint density at radius 3 is 2.10 bits per heavy atom. The maximum Gasteiger partial charge on any atom is 0.309 e. The van der Waals surface area contributed by atoms with Gasteiger partial charge in [-0.25, -0.2) is 8.78 Å². The van der Waals surface area contributed by atoms with Gasteiger partial charge in [-0.3, -0.25) is 9.59 Å². The molecule has 6 heteroatoms. The van der Waals surface area contributed by atoms with Crippen LogP contribution in [-0.2, 0) is 19.1 Å². The van der Waals surface area contributed by atoms with Gasteiger partial charge >= 0.3 is 11.9 Å². The summed E-state index contributed by atoms with van der Waals surface area (Å²) in [4.78, 5) is 24.7. The first-order chi connectivity index (χ1) is 14.4. The Balaban J connectivity index is 2.23. The normalized spacial score (nSPS) is 14.5. The van der Waals surface area contributed by atoms with Crippen molar-refractivity contribution in [1.82, 2.24) is 0 Å². The smallest absolute Gasteiger partial charge is 0.309 e. The van der Waals surface area contributed by atoms with Gasteiger partial charge in [0.05, 0.1) is 12.3 Å². The molecule has 0 aromatic heterocycles. The van der Waals surface area contributed by atoms with E-state index in [2.05, 4.69) is 0 Å². The molecule has 0 N–H and O–H groups in total. The van der Waals surface area contributed by atoms with Crippen molar-refractivity contribution in [2.24, 2.45) is 5.92 Å². The zero-order valence-electron chi connectivity index (χ0n) is 18.9. The van der Waals surface area contributed by atoms with E-state index in [0.29, 0.717) is 5.56 Å². The topological polar surface area (TPSA) is 52.6 Å². The summed E-state index contributed by atoms with van der Waals surface area (Å²) in [6, 6.07) is 10.3. The summed E-state index contributed by atoms with van der Waals surface area (Å²) in [5, 5.41) is 0. The van der Waals surface area contributed by atoms with Gasteiger partial charge in [-0.2, -0.15) is 0 Å². The average Bonchev–Trinajstić information content (AvgIpc) is 2.63. The summed E-state index contributed by atoms with van der Waals surface area (Å²) in [7, 11) is 0. The van der Waals surface area contributed by atoms with Crippen molar-refractivity contribution in [2.45, 2.75) is 65.6 Å². The zero-order chi connectivity index (χ0) is 23.3. The Labute approximate surface area is 182 Å². The molecule has 0 radical (unpaired) electrons. The molecule has 168 valence electrons. The maximum absolute atomic E-state index is 13.6. The third-order valence-corrected chi connectivity index (χ3v) is 4.86. The van der Waals surface area contributed by atoms with Crippen LogP contribution >= 0.6 is 0 Å². The molecule has 0 saturated heterocycles. The van der Waals surface area contributed by atoms with Crippen molar-refractivity contribution in [3.8, 4) is 0 Å². The lowest BCUT2D eigenvalue weighted by Gasteiger charge is -2.27. The standard InChI is InChI=1S/C25H30F2O4/c1-15-13-20(27)11-12-21(15)23(18-7-9-19(26)10-8-18)17(3)30-24(29)16(2)14-22(28)31-25(4,5)6/h7-13,16-17,23H,14H2,1-6H3/t16-,17+,23+/m1/s1. The summed E-state index contributed by atoms with van der Waals surface area (Å²) in [6.45, 7) is 10.4. The lowest BCUT2D eigenvalue weighted by atomic mass is 9.84. The number of hydrogen-bond donors (Lipinski definition) is 0. The van der Waals surface area contributed by atoms with Crippen molar-refractivity contribution in [3.63, 3.8) is 0 Å². The second kappa shape index (κ2) is 10.0. The van der Waals surface area contributed by atoms with Crippen LogP contribution in [0.3, 0.4) is 0 Å². The van der Waals surface area contributed by atoms with Crippen molar-refractivity contribution in [1.29, 1.82) is 0 Å². The predicted octanol–water partition coefficient (Wildman–Crippen LogP) is 5.70. The van der Waals surface area contributed by atoms with E-state index in [1.165, 1.54) is 24.3 Å². The number of halogens is 2. The second-order valence-corrected chi connectivity index (χ2v) is 8.86. The molecule has 0 saturated carbocycles. The lowest BCUT2D eigenvalue weighted by molar-refractivity contribution is -0.163. The minimum absolute atomic E-state index is 0.0976. The number of carbonyl (C=O) groups excluding carboxylic acids is 2. The van der Waals surface area contributed by atoms with E-state index in [-0.39, 0.29) is 18.1 Å². The summed E-state index contributed by atoms with van der Waals surface area (Å²) in [5.74, 6) is -2.89. The Morgan fingerprint density at radius 2 is 1.55 bits per heavy atom. The fraction of sp³-hybridized carbons (Fsp3) is 0.440. The molecule has 3 atom stereocenters. The number of rotatable bonds is 7. The van der Waals surface area contributed by atoms with Gasteiger partial charge in [-0.05, 0) is 75.6 Å². The van der Waals surface area contributed by atoms with Gasteiger partial charge in [0.15, 0.2) is 0 Å². The quantitative estimate of drug-likeness (QED) is 0.526. The van der Waals surface area contributed by atoms with Gasteiger partial charge < -0.3 is 9.47 Å². The highest BCUT2D eigenvalue weighted by Gasteiger charge is 2.29. The largest absolute Gasteiger partial charge is 0.461 e. The first-order valence-electron chi connectivity index (χ1n) is 10.3. The molecule has 0 heterocycles. The summed E-state index contributed by atoms with van der Waals surface area (Å²) >= 11 is 0. The highest BCUT2D eigenvalue weighted by atomic mass is 19.1. The first-order valence-corrected chi connectivity index (χ1v) is 10.3. The number of ether oxygens (including phenoxy) is 2. The van der Waals surface area contributed by atoms with Crippen LogP contribution in [0.25, 0.3) is 0 Å². The molecule has 2 rings (SSSR count). The highest BCUT2D eigenvalue weighted by molar-refractivity contribution is 5.80. The van der Waals surface area contributed by atoms with E-state index in [0.717, 1.165) is 11.1 Å². The maximum atomic E-state index is 13.6. The van der Waals surface area contributed by atoms with Gasteiger partial charge in [0, 0.05) is 5.92 Å². The van der Waals surface area contributed by atoms with E-state index >= 15 is 0 Å². The molecule has 31 heavy (non-hydrogen) atoms. The monoisotopic (exact) mass is 432 g/mol. The van der Waals surface area contributed by atoms with Crippen LogP contribution in [0.4, 0.5) is 8.78 Å². The second-order valence-electron chi connectivity index (χ2n) is 8.86. The van der Waals surface area contributed by atoms with E-state index in [9.17, 15) is 18.4 Å². The molecule has 0 unspecified atom stereocenters. The SMILES string of the molecule is Cc1cc(F)ccc1[C@H](c1ccc(F)cc1)[C@H](C)OC(=O)[C@H](C)CC(=O)OC(C)(C)C. The Hall–Kier alpha value is -2.76. The van der Waals surface area contributed by atoms with Crippen LogP contribution in [-0.4, -0.2) is 23.6 Å². The van der Waals surface area contributed by atoms with Crippen LogP contribution < -0.4 is 0 Å². The number of hydrogen-bond acceptors (Lipinski definition) is 4. The van der Waals surface area contributed by atoms with Crippen molar-refractivity contribution in [2.75, 3.05) is 0 Å². The summed E-state index contributed by atoms with van der Waals surface area (Å²) in [5.41, 5.74) is 1.56. The van der Waals surface area contributed by atoms with E-state index < -0.39 is 35.5 Å². The molecule has 4 nitrogen and oxygen atoms in total. The number of esters is 2. The Bertz CT molecular complexity index is 916. The van der Waals surface area contributed by atoms with Crippen LogP contribution in [0.15, 0.2) is 42.5 Å². The van der Waals surface area contributed by atoms with Gasteiger partial charge in [-0.15, -0.1) is 0 Å². The molecule has 0 aliphatic carbocycles. The molecule has 0 fully saturated rings. The predicted molar refractivity (Wildman–Crippen MR) is 115 cm³/mol. The molecule has 0 amide bonds. The van der Waals surface area contributed by atoms with Gasteiger partial charge in [0.2, 0.25) is 0 Å². The van der Waals surface area contributed by atoms with Gasteiger partial charge in [-0.1, -0.05) is 25.1 Å². The molecule has 0 bridgehead atoms. The van der Waals surface area contributed by atoms with Crippen molar-refractivity contribution in [3.05, 3.63) is 70.8 Å². The zero-order valence-corrected chi connectivity index (χ0v) is 18.9. The van der Waals surface area contributed by atoms with Crippen LogP contribution in [0, 0.1) is 24.5 Å². The minimum atomic E-state index is -0.694. The third kappa shape index (κ3) is 7.16. The van der Waals surface area contributed by atoms with E-state index in [4.69, 9.17) is 9.47 Å². The van der Waals surface area contributed by atoms with Crippen molar-refractivity contribution >= 4 is 11.9 Å². The first kappa shape index (κ1) is 24.5. The molecular formula is C25H30F2O4. The fourth-order valence-corrected chi connectivity index (χ4v) is 3.45. The fourth-order valence-electron chi connectivity index (χ4n) is 3.45. The Kier molecular flexibility index (Phi) is 7.93. The summed E-state index contributed by atoms with van der Waals surface area (Å²) < 4.78 is 38.1. The average molecular weight is 433 g/mol. The number of carbonyl (C=O) groups is 2. The highest BCUT2D eigenvalue weighted by Crippen LogP contribution is 2.33. The van der Waals surface area contributed by atoms with E-state index in [1.54, 1.807) is 59.7 Å². The summed E-state index contributed by atoms with van der Waals surface area (Å²) in [6.07, 6.45) is -0.734. The number of aryl methyl sites for hydroxylation is 1. The molecule has 2 aromatic rings. The van der Waals surface area contributed by atoms with Gasteiger partial charge in [0.1, 0.15) is 23.3 Å². The molecule has 0 aliphatic rings. The van der Waals surface area contributed by atoms with Crippen LogP contribution in [0.1, 0.15) is 63.6 Å². The number of benzene rings is 2.